The second kappa shape index (κ2) is 8.83. The lowest BCUT2D eigenvalue weighted by Gasteiger charge is -2.13. The third-order valence-electron chi connectivity index (χ3n) is 4.08. The Kier molecular flexibility index (Phi) is 6.23. The van der Waals surface area contributed by atoms with Gasteiger partial charge in [-0.1, -0.05) is 25.1 Å². The Labute approximate surface area is 172 Å². The summed E-state index contributed by atoms with van der Waals surface area (Å²) >= 11 is 1.16. The number of aryl methyl sites for hydroxylation is 1. The first kappa shape index (κ1) is 20.5. The van der Waals surface area contributed by atoms with Crippen LogP contribution in [0.15, 0.2) is 52.4 Å². The van der Waals surface area contributed by atoms with Crippen LogP contribution in [0.1, 0.15) is 24.5 Å². The molecule has 150 valence electrons. The van der Waals surface area contributed by atoms with Crippen molar-refractivity contribution in [1.29, 1.82) is 0 Å². The summed E-state index contributed by atoms with van der Waals surface area (Å²) in [6, 6.07) is 11.9. The van der Waals surface area contributed by atoms with E-state index in [9.17, 15) is 14.7 Å². The van der Waals surface area contributed by atoms with Crippen LogP contribution >= 0.6 is 11.8 Å². The number of phenolic OH excluding ortho intramolecular Hbond substituents is 1. The Bertz CT molecular complexity index is 1020. The second-order valence-electron chi connectivity index (χ2n) is 6.40. The molecule has 2 aromatic carbocycles. The first-order valence-corrected chi connectivity index (χ1v) is 9.76. The second-order valence-corrected chi connectivity index (χ2v) is 7.43. The largest absolute Gasteiger partial charge is 0.506 e. The molecule has 1 atom stereocenters. The summed E-state index contributed by atoms with van der Waals surface area (Å²) in [5.41, 5.74) is 2.01. The summed E-state index contributed by atoms with van der Waals surface area (Å²) < 4.78 is 5.49. The van der Waals surface area contributed by atoms with Crippen LogP contribution in [0.4, 0.5) is 5.69 Å². The predicted molar refractivity (Wildman–Crippen MR) is 112 cm³/mol. The molecule has 1 saturated heterocycles. The van der Waals surface area contributed by atoms with Gasteiger partial charge in [-0.05, 0) is 66.6 Å². The van der Waals surface area contributed by atoms with Crippen LogP contribution in [0.25, 0.3) is 6.08 Å². The molecule has 29 heavy (non-hydrogen) atoms. The number of carbonyl (C=O) groups excluding carboxylic acids is 1. The summed E-state index contributed by atoms with van der Waals surface area (Å²) in [6.07, 6.45) is 1.08. The monoisotopic (exact) mass is 412 g/mol. The number of amidine groups is 1. The number of aromatic hydroxyl groups is 1. The fourth-order valence-electron chi connectivity index (χ4n) is 2.61. The van der Waals surface area contributed by atoms with Gasteiger partial charge < -0.3 is 20.3 Å². The van der Waals surface area contributed by atoms with Crippen LogP contribution in [0.2, 0.25) is 0 Å². The van der Waals surface area contributed by atoms with Gasteiger partial charge in [-0.3, -0.25) is 4.79 Å². The Hall–Kier alpha value is -3.26. The van der Waals surface area contributed by atoms with Crippen molar-refractivity contribution in [1.82, 2.24) is 5.32 Å². The minimum absolute atomic E-state index is 0.0316. The maximum atomic E-state index is 12.3. The average Bonchev–Trinajstić information content (AvgIpc) is 3.01. The molecule has 2 aromatic rings. The number of aliphatic carboxylic acids is 1. The molecule has 1 aliphatic heterocycles. The van der Waals surface area contributed by atoms with Crippen LogP contribution < -0.4 is 10.1 Å². The van der Waals surface area contributed by atoms with E-state index in [2.05, 4.69) is 10.3 Å². The van der Waals surface area contributed by atoms with E-state index in [0.717, 1.165) is 17.3 Å². The number of carboxylic acids is 1. The van der Waals surface area contributed by atoms with Crippen molar-refractivity contribution in [2.45, 2.75) is 26.4 Å². The number of nitrogens with one attached hydrogen (secondary N) is 1. The van der Waals surface area contributed by atoms with Crippen LogP contribution in [-0.2, 0) is 9.59 Å². The molecule has 1 unspecified atom stereocenters. The van der Waals surface area contributed by atoms with Crippen LogP contribution in [0.3, 0.4) is 0 Å². The molecular formula is C21H20N2O5S. The molecule has 0 saturated carbocycles. The quantitative estimate of drug-likeness (QED) is 0.622. The highest BCUT2D eigenvalue weighted by molar-refractivity contribution is 8.18. The number of thioether (sulfide) groups is 1. The van der Waals surface area contributed by atoms with Crippen LogP contribution in [-0.4, -0.2) is 33.4 Å². The number of carbonyl (C=O) groups is 2. The fraction of sp³-hybridized carbons (Fsp3) is 0.190. The van der Waals surface area contributed by atoms with E-state index < -0.39 is 12.1 Å². The third-order valence-corrected chi connectivity index (χ3v) is 4.99. The molecule has 3 N–H and O–H groups in total. The molecule has 8 heteroatoms. The number of rotatable bonds is 6. The zero-order chi connectivity index (χ0) is 21.0. The normalized spacial score (nSPS) is 17.4. The summed E-state index contributed by atoms with van der Waals surface area (Å²) in [5.74, 6) is -0.883. The van der Waals surface area contributed by atoms with Crippen LogP contribution in [0.5, 0.6) is 11.5 Å². The molecule has 3 rings (SSSR count). The van der Waals surface area contributed by atoms with Gasteiger partial charge in [0.2, 0.25) is 0 Å². The number of hydrogen-bond donors (Lipinski definition) is 3. The topological polar surface area (TPSA) is 108 Å². The number of benzene rings is 2. The first-order chi connectivity index (χ1) is 13.9. The molecule has 1 heterocycles. The highest BCUT2D eigenvalue weighted by Crippen LogP contribution is 2.32. The van der Waals surface area contributed by atoms with Crippen molar-refractivity contribution in [3.63, 3.8) is 0 Å². The number of hydrogen-bond acceptors (Lipinski definition) is 6. The summed E-state index contributed by atoms with van der Waals surface area (Å²) in [4.78, 5) is 28.2. The number of aliphatic imine (C=N–C) groups is 1. The molecule has 1 fully saturated rings. The average molecular weight is 412 g/mol. The molecule has 1 aliphatic rings. The fourth-order valence-corrected chi connectivity index (χ4v) is 3.45. The SMILES string of the molecule is CCC(Oc1cccc(/C=C2/SC(=Nc3cc(C)ccc3O)NC2=O)c1)C(=O)O. The van der Waals surface area contributed by atoms with E-state index in [1.165, 1.54) is 0 Å². The minimum Gasteiger partial charge on any atom is -0.506 e. The lowest BCUT2D eigenvalue weighted by atomic mass is 10.2. The van der Waals surface area contributed by atoms with Gasteiger partial charge in [0.1, 0.15) is 17.2 Å². The highest BCUT2D eigenvalue weighted by Gasteiger charge is 2.24. The zero-order valence-corrected chi connectivity index (χ0v) is 16.7. The summed E-state index contributed by atoms with van der Waals surface area (Å²) in [6.45, 7) is 3.62. The Balaban J connectivity index is 1.80. The molecule has 0 spiro atoms. The van der Waals surface area contributed by atoms with Gasteiger partial charge in [-0.15, -0.1) is 0 Å². The van der Waals surface area contributed by atoms with E-state index in [-0.39, 0.29) is 11.7 Å². The molecule has 7 nitrogen and oxygen atoms in total. The van der Waals surface area contributed by atoms with Crippen LogP contribution in [0, 0.1) is 6.92 Å². The van der Waals surface area contributed by atoms with Crippen molar-refractivity contribution in [2.75, 3.05) is 0 Å². The van der Waals surface area contributed by atoms with Gasteiger partial charge in [0.15, 0.2) is 11.3 Å². The number of ether oxygens (including phenoxy) is 1. The van der Waals surface area contributed by atoms with E-state index in [4.69, 9.17) is 9.84 Å². The first-order valence-electron chi connectivity index (χ1n) is 8.94. The molecule has 0 aliphatic carbocycles. The van der Waals surface area contributed by atoms with E-state index in [1.807, 2.05) is 6.92 Å². The molecule has 0 aromatic heterocycles. The maximum Gasteiger partial charge on any atom is 0.344 e. The maximum absolute atomic E-state index is 12.3. The van der Waals surface area contributed by atoms with Gasteiger partial charge in [0, 0.05) is 0 Å². The Morgan fingerprint density at radius 3 is 2.83 bits per heavy atom. The van der Waals surface area contributed by atoms with E-state index >= 15 is 0 Å². The van der Waals surface area contributed by atoms with Gasteiger partial charge in [0.05, 0.1) is 4.91 Å². The van der Waals surface area contributed by atoms with Crippen molar-refractivity contribution < 1.29 is 24.5 Å². The summed E-state index contributed by atoms with van der Waals surface area (Å²) in [5, 5.41) is 22.1. The standard InChI is InChI=1S/C21H20N2O5S/c1-3-17(20(26)27)28-14-6-4-5-13(10-14)11-18-19(25)23-21(29-18)22-15-9-12(2)7-8-16(15)24/h4-11,17,24H,3H2,1-2H3,(H,26,27)(H,22,23,25)/b18-11+. The summed E-state index contributed by atoms with van der Waals surface area (Å²) in [7, 11) is 0. The minimum atomic E-state index is -1.03. The number of nitrogens with zero attached hydrogens (tertiary/aromatic N) is 1. The predicted octanol–water partition coefficient (Wildman–Crippen LogP) is 3.83. The number of carboxylic acid groups (broad SMARTS) is 1. The van der Waals surface area contributed by atoms with Gasteiger partial charge in [0.25, 0.3) is 5.91 Å². The molecular weight excluding hydrogens is 392 g/mol. The van der Waals surface area contributed by atoms with E-state index in [0.29, 0.717) is 33.5 Å². The molecule has 1 amide bonds. The lowest BCUT2D eigenvalue weighted by molar-refractivity contribution is -0.145. The van der Waals surface area contributed by atoms with Crippen molar-refractivity contribution in [2.24, 2.45) is 4.99 Å². The number of amides is 1. The zero-order valence-electron chi connectivity index (χ0n) is 15.9. The number of phenols is 1. The Morgan fingerprint density at radius 2 is 2.10 bits per heavy atom. The molecule has 0 radical (unpaired) electrons. The Morgan fingerprint density at radius 1 is 1.31 bits per heavy atom. The third kappa shape index (κ3) is 5.17. The van der Waals surface area contributed by atoms with Crippen molar-refractivity contribution in [3.05, 3.63) is 58.5 Å². The van der Waals surface area contributed by atoms with Gasteiger partial charge in [-0.2, -0.15) is 0 Å². The van der Waals surface area contributed by atoms with Crippen molar-refractivity contribution >= 4 is 40.6 Å². The van der Waals surface area contributed by atoms with Crippen molar-refractivity contribution in [3.8, 4) is 11.5 Å². The van der Waals surface area contributed by atoms with Gasteiger partial charge >= 0.3 is 5.97 Å². The lowest BCUT2D eigenvalue weighted by Crippen LogP contribution is -2.25. The van der Waals surface area contributed by atoms with E-state index in [1.54, 1.807) is 55.5 Å². The van der Waals surface area contributed by atoms with Gasteiger partial charge in [-0.25, -0.2) is 9.79 Å². The molecule has 0 bridgehead atoms. The smallest absolute Gasteiger partial charge is 0.344 e. The highest BCUT2D eigenvalue weighted by atomic mass is 32.2.